The molecule has 0 unspecified atom stereocenters. The molecule has 3 heterocycles. The van der Waals surface area contributed by atoms with Crippen molar-refractivity contribution in [2.45, 2.75) is 31.3 Å². The monoisotopic (exact) mass is 493 g/mol. The van der Waals surface area contributed by atoms with Crippen LogP contribution in [0, 0.1) is 11.8 Å². The first kappa shape index (κ1) is 21.4. The lowest BCUT2D eigenvalue weighted by atomic mass is 9.85. The number of nitrogens with zero attached hydrogens (tertiary/aromatic N) is 4. The van der Waals surface area contributed by atoms with Gasteiger partial charge in [-0.3, -0.25) is 9.59 Å². The molecule has 2 aliphatic heterocycles. The Kier molecular flexibility index (Phi) is 5.19. The Labute approximate surface area is 206 Å². The fourth-order valence-corrected chi connectivity index (χ4v) is 5.39. The first-order valence-electron chi connectivity index (χ1n) is 11.3. The Morgan fingerprint density at radius 1 is 0.824 bits per heavy atom. The summed E-state index contributed by atoms with van der Waals surface area (Å²) in [6.07, 6.45) is 5.77. The van der Waals surface area contributed by atoms with Gasteiger partial charge in [-0.25, -0.2) is 9.58 Å². The molecule has 2 amide bonds. The van der Waals surface area contributed by atoms with E-state index < -0.39 is 0 Å². The van der Waals surface area contributed by atoms with Gasteiger partial charge in [0.15, 0.2) is 0 Å². The van der Waals surface area contributed by atoms with Gasteiger partial charge in [0, 0.05) is 10.0 Å². The highest BCUT2D eigenvalue weighted by Gasteiger charge is 2.49. The number of rotatable bonds is 3. The number of benzene rings is 2. The number of fused-ring (bicyclic) bond motifs is 2. The zero-order chi connectivity index (χ0) is 23.4. The van der Waals surface area contributed by atoms with Gasteiger partial charge in [-0.15, -0.1) is 5.10 Å². The first-order valence-corrected chi connectivity index (χ1v) is 12.0. The summed E-state index contributed by atoms with van der Waals surface area (Å²) < 4.78 is 1.77. The molecule has 0 spiro atoms. The number of hydrogen-bond acceptors (Lipinski definition) is 5. The summed E-state index contributed by atoms with van der Waals surface area (Å²) in [5.41, 5.74) is 2.07. The van der Waals surface area contributed by atoms with Crippen molar-refractivity contribution < 1.29 is 9.59 Å². The number of nitrogens with one attached hydrogen (secondary N) is 1. The Hall–Kier alpha value is -3.16. The van der Waals surface area contributed by atoms with Gasteiger partial charge in [-0.2, -0.15) is 4.98 Å². The van der Waals surface area contributed by atoms with E-state index in [9.17, 15) is 9.59 Å². The van der Waals surface area contributed by atoms with Crippen LogP contribution in [-0.4, -0.2) is 26.6 Å². The van der Waals surface area contributed by atoms with Crippen LogP contribution in [0.3, 0.4) is 0 Å². The number of imide groups is 1. The summed E-state index contributed by atoms with van der Waals surface area (Å²) in [5, 5.41) is 9.42. The number of amides is 2. The summed E-state index contributed by atoms with van der Waals surface area (Å²) in [4.78, 5) is 32.0. The fraction of sp³-hybridized carbons (Fsp3) is 0.280. The molecule has 0 bridgehead atoms. The van der Waals surface area contributed by atoms with Gasteiger partial charge in [-0.1, -0.05) is 59.6 Å². The Morgan fingerprint density at radius 2 is 1.38 bits per heavy atom. The molecule has 1 aliphatic carbocycles. The zero-order valence-electron chi connectivity index (χ0n) is 18.1. The first-order chi connectivity index (χ1) is 16.5. The lowest BCUT2D eigenvalue weighted by molar-refractivity contribution is -0.122. The van der Waals surface area contributed by atoms with Gasteiger partial charge >= 0.3 is 0 Å². The molecule has 7 nitrogen and oxygen atoms in total. The quantitative estimate of drug-likeness (QED) is 0.401. The Balaban J connectivity index is 1.40. The Bertz CT molecular complexity index is 1280. The molecule has 1 saturated heterocycles. The van der Waals surface area contributed by atoms with E-state index in [0.717, 1.165) is 11.1 Å². The third-order valence-electron chi connectivity index (χ3n) is 6.91. The molecule has 6 rings (SSSR count). The molecule has 4 atom stereocenters. The van der Waals surface area contributed by atoms with E-state index in [1.807, 2.05) is 60.7 Å². The van der Waals surface area contributed by atoms with Crippen molar-refractivity contribution >= 4 is 46.9 Å². The van der Waals surface area contributed by atoms with Gasteiger partial charge < -0.3 is 5.32 Å². The maximum atomic E-state index is 13.1. The highest BCUT2D eigenvalue weighted by atomic mass is 35.5. The highest BCUT2D eigenvalue weighted by molar-refractivity contribution is 6.30. The second kappa shape index (κ2) is 8.25. The molecule has 34 heavy (non-hydrogen) atoms. The van der Waals surface area contributed by atoms with Crippen LogP contribution in [0.15, 0.2) is 60.7 Å². The summed E-state index contributed by atoms with van der Waals surface area (Å²) in [6.45, 7) is 0. The van der Waals surface area contributed by atoms with Gasteiger partial charge in [-0.05, 0) is 54.7 Å². The summed E-state index contributed by atoms with van der Waals surface area (Å²) in [7, 11) is 0. The van der Waals surface area contributed by atoms with E-state index in [2.05, 4.69) is 15.4 Å². The minimum absolute atomic E-state index is 0.0562. The lowest BCUT2D eigenvalue weighted by Crippen LogP contribution is -2.32. The number of halogens is 2. The molecule has 1 fully saturated rings. The van der Waals surface area contributed by atoms with E-state index in [-0.39, 0.29) is 41.7 Å². The summed E-state index contributed by atoms with van der Waals surface area (Å²) in [5.74, 6) is -0.476. The maximum Gasteiger partial charge on any atom is 0.260 e. The topological polar surface area (TPSA) is 80.1 Å². The van der Waals surface area contributed by atoms with Crippen molar-refractivity contribution in [1.82, 2.24) is 14.8 Å². The van der Waals surface area contributed by atoms with Crippen LogP contribution >= 0.6 is 23.2 Å². The SMILES string of the molecule is O=C1[C@H]2CC=CC[C@H]2C(=O)N1c1nc2n(n1)[C@H](c1ccc(Cl)cc1)C[C@@H](c1ccc(Cl)cc1)N2. The molecule has 2 aromatic carbocycles. The van der Waals surface area contributed by atoms with E-state index in [0.29, 0.717) is 35.3 Å². The van der Waals surface area contributed by atoms with Crippen LogP contribution in [0.1, 0.15) is 42.5 Å². The van der Waals surface area contributed by atoms with Crippen LogP contribution in [0.5, 0.6) is 0 Å². The van der Waals surface area contributed by atoms with Gasteiger partial charge in [0.25, 0.3) is 5.95 Å². The number of carbonyl (C=O) groups is 2. The highest BCUT2D eigenvalue weighted by Crippen LogP contribution is 2.41. The van der Waals surface area contributed by atoms with E-state index >= 15 is 0 Å². The second-order valence-electron chi connectivity index (χ2n) is 8.90. The molecular weight excluding hydrogens is 473 g/mol. The van der Waals surface area contributed by atoms with Crippen LogP contribution in [0.4, 0.5) is 11.9 Å². The number of allylic oxidation sites excluding steroid dienone is 2. The fourth-order valence-electron chi connectivity index (χ4n) is 5.13. The summed E-state index contributed by atoms with van der Waals surface area (Å²) in [6, 6.07) is 15.1. The maximum absolute atomic E-state index is 13.1. The number of carbonyl (C=O) groups excluding carboxylic acids is 2. The normalized spacial score (nSPS) is 25.8. The van der Waals surface area contributed by atoms with Crippen molar-refractivity contribution in [2.75, 3.05) is 10.2 Å². The van der Waals surface area contributed by atoms with E-state index in [1.54, 1.807) is 4.68 Å². The predicted molar refractivity (Wildman–Crippen MR) is 130 cm³/mol. The third-order valence-corrected chi connectivity index (χ3v) is 7.42. The van der Waals surface area contributed by atoms with Crippen molar-refractivity contribution in [1.29, 1.82) is 0 Å². The van der Waals surface area contributed by atoms with Crippen molar-refractivity contribution in [2.24, 2.45) is 11.8 Å². The van der Waals surface area contributed by atoms with Crippen molar-refractivity contribution in [3.05, 3.63) is 81.9 Å². The van der Waals surface area contributed by atoms with Crippen LogP contribution in [0.25, 0.3) is 0 Å². The third kappa shape index (κ3) is 3.51. The molecule has 3 aromatic rings. The molecule has 1 N–H and O–H groups in total. The van der Waals surface area contributed by atoms with Crippen LogP contribution < -0.4 is 10.2 Å². The second-order valence-corrected chi connectivity index (χ2v) is 9.77. The average molecular weight is 494 g/mol. The van der Waals surface area contributed by atoms with Crippen molar-refractivity contribution in [3.63, 3.8) is 0 Å². The van der Waals surface area contributed by atoms with E-state index in [4.69, 9.17) is 23.2 Å². The molecule has 0 saturated carbocycles. The van der Waals surface area contributed by atoms with Gasteiger partial charge in [0.05, 0.1) is 23.9 Å². The standard InChI is InChI=1S/C25H21Cl2N5O2/c26-16-9-5-14(6-10-16)20-13-21(15-7-11-17(27)12-8-15)32-24(28-20)29-25(30-32)31-22(33)18-3-1-2-4-19(18)23(31)34/h1-2,5-12,18-21H,3-4,13H2,(H,28,29,30)/t18-,19+,20-,21-/m0/s1. The lowest BCUT2D eigenvalue weighted by Gasteiger charge is -2.31. The minimum Gasteiger partial charge on any atom is -0.347 e. The number of anilines is 2. The number of hydrogen-bond donors (Lipinski definition) is 1. The van der Waals surface area contributed by atoms with Gasteiger partial charge in [0.1, 0.15) is 0 Å². The Morgan fingerprint density at radius 3 is 1.97 bits per heavy atom. The smallest absolute Gasteiger partial charge is 0.260 e. The van der Waals surface area contributed by atoms with Crippen LogP contribution in [-0.2, 0) is 9.59 Å². The average Bonchev–Trinajstić information content (AvgIpc) is 3.38. The molecule has 1 aromatic heterocycles. The van der Waals surface area contributed by atoms with Gasteiger partial charge in [0.2, 0.25) is 17.8 Å². The largest absolute Gasteiger partial charge is 0.347 e. The van der Waals surface area contributed by atoms with E-state index in [1.165, 1.54) is 4.90 Å². The predicted octanol–water partition coefficient (Wildman–Crippen LogP) is 5.19. The molecule has 172 valence electrons. The molecule has 3 aliphatic rings. The van der Waals surface area contributed by atoms with Crippen molar-refractivity contribution in [3.8, 4) is 0 Å². The zero-order valence-corrected chi connectivity index (χ0v) is 19.6. The molecular formula is C25H21Cl2N5O2. The number of aromatic nitrogens is 3. The molecule has 9 heteroatoms. The van der Waals surface area contributed by atoms with Crippen LogP contribution in [0.2, 0.25) is 10.0 Å². The minimum atomic E-state index is -0.333. The summed E-state index contributed by atoms with van der Waals surface area (Å²) >= 11 is 12.2. The molecule has 0 radical (unpaired) electrons.